The van der Waals surface area contributed by atoms with Crippen molar-refractivity contribution in [3.05, 3.63) is 106 Å². The lowest BCUT2D eigenvalue weighted by Gasteiger charge is -2.13. The van der Waals surface area contributed by atoms with E-state index in [0.717, 1.165) is 33.5 Å². The number of hydrogen-bond acceptors (Lipinski definition) is 6. The number of amides is 3. The molecule has 0 radical (unpaired) electrons. The third-order valence-electron chi connectivity index (χ3n) is 5.57. The molecular formula is C27H20ClN5O3S. The smallest absolute Gasteiger partial charge is 0.293 e. The van der Waals surface area contributed by atoms with E-state index in [4.69, 9.17) is 11.6 Å². The predicted octanol–water partition coefficient (Wildman–Crippen LogP) is 5.05. The fourth-order valence-corrected chi connectivity index (χ4v) is 4.75. The second-order valence-electron chi connectivity index (χ2n) is 8.05. The minimum Gasteiger partial charge on any atom is -0.350 e. The molecule has 1 saturated heterocycles. The molecule has 184 valence electrons. The third kappa shape index (κ3) is 5.47. The first-order valence-corrected chi connectivity index (χ1v) is 12.5. The van der Waals surface area contributed by atoms with Crippen molar-refractivity contribution in [2.24, 2.45) is 0 Å². The van der Waals surface area contributed by atoms with E-state index in [0.29, 0.717) is 21.2 Å². The number of rotatable bonds is 7. The average molecular weight is 530 g/mol. The molecule has 3 heterocycles. The Morgan fingerprint density at radius 1 is 1.03 bits per heavy atom. The molecule has 0 spiro atoms. The second kappa shape index (κ2) is 10.8. The van der Waals surface area contributed by atoms with Crippen molar-refractivity contribution >= 4 is 46.5 Å². The highest BCUT2D eigenvalue weighted by Gasteiger charge is 2.34. The minimum absolute atomic E-state index is 0.0455. The van der Waals surface area contributed by atoms with Crippen LogP contribution in [0.2, 0.25) is 5.02 Å². The van der Waals surface area contributed by atoms with Crippen LogP contribution < -0.4 is 5.32 Å². The van der Waals surface area contributed by atoms with E-state index < -0.39 is 5.91 Å². The number of halogens is 1. The van der Waals surface area contributed by atoms with Gasteiger partial charge in [-0.15, -0.1) is 0 Å². The Labute approximate surface area is 222 Å². The van der Waals surface area contributed by atoms with Crippen LogP contribution in [0.15, 0.2) is 90.2 Å². The summed E-state index contributed by atoms with van der Waals surface area (Å²) in [6.07, 6.45) is 6.54. The molecule has 0 saturated carbocycles. The third-order valence-corrected chi connectivity index (χ3v) is 6.73. The van der Waals surface area contributed by atoms with Crippen molar-refractivity contribution in [2.75, 3.05) is 13.1 Å². The Balaban J connectivity index is 1.31. The zero-order valence-electron chi connectivity index (χ0n) is 19.4. The summed E-state index contributed by atoms with van der Waals surface area (Å²) in [6, 6.07) is 20.1. The monoisotopic (exact) mass is 529 g/mol. The fourth-order valence-electron chi connectivity index (χ4n) is 3.76. The van der Waals surface area contributed by atoms with Crippen LogP contribution in [-0.2, 0) is 4.79 Å². The van der Waals surface area contributed by atoms with Gasteiger partial charge < -0.3 is 5.32 Å². The van der Waals surface area contributed by atoms with Crippen LogP contribution in [0.25, 0.3) is 23.0 Å². The summed E-state index contributed by atoms with van der Waals surface area (Å²) in [4.78, 5) is 43.8. The van der Waals surface area contributed by atoms with Gasteiger partial charge in [0.15, 0.2) is 0 Å². The highest BCUT2D eigenvalue weighted by atomic mass is 35.5. The van der Waals surface area contributed by atoms with Gasteiger partial charge in [-0.2, -0.15) is 5.10 Å². The first-order valence-electron chi connectivity index (χ1n) is 11.3. The molecule has 37 heavy (non-hydrogen) atoms. The SMILES string of the molecule is O=C(NCCN1C(=O)S/C(=C\c2cccnc2)C1=O)c1cn(-c2ccccc2)nc1-c1ccc(Cl)cc1. The fraction of sp³-hybridized carbons (Fsp3) is 0.0741. The summed E-state index contributed by atoms with van der Waals surface area (Å²) in [5.41, 5.74) is 3.11. The van der Waals surface area contributed by atoms with Crippen LogP contribution in [0.5, 0.6) is 0 Å². The highest BCUT2D eigenvalue weighted by Crippen LogP contribution is 2.32. The molecule has 8 nitrogen and oxygen atoms in total. The van der Waals surface area contributed by atoms with Gasteiger partial charge in [0.1, 0.15) is 5.69 Å². The molecule has 0 aliphatic carbocycles. The van der Waals surface area contributed by atoms with E-state index in [2.05, 4.69) is 15.4 Å². The molecule has 1 aliphatic heterocycles. The maximum Gasteiger partial charge on any atom is 0.293 e. The quantitative estimate of drug-likeness (QED) is 0.336. The molecular weight excluding hydrogens is 510 g/mol. The first kappa shape index (κ1) is 24.5. The number of imide groups is 1. The van der Waals surface area contributed by atoms with Gasteiger partial charge in [-0.1, -0.05) is 48.0 Å². The van der Waals surface area contributed by atoms with Crippen molar-refractivity contribution in [1.82, 2.24) is 25.0 Å². The van der Waals surface area contributed by atoms with Crippen molar-refractivity contribution < 1.29 is 14.4 Å². The van der Waals surface area contributed by atoms with E-state index >= 15 is 0 Å². The topological polar surface area (TPSA) is 97.2 Å². The maximum atomic E-state index is 13.2. The van der Waals surface area contributed by atoms with Crippen molar-refractivity contribution in [1.29, 1.82) is 0 Å². The van der Waals surface area contributed by atoms with E-state index in [1.807, 2.05) is 30.3 Å². The maximum absolute atomic E-state index is 13.2. The lowest BCUT2D eigenvalue weighted by molar-refractivity contribution is -0.122. The van der Waals surface area contributed by atoms with Crippen LogP contribution in [0, 0.1) is 0 Å². The van der Waals surface area contributed by atoms with Crippen LogP contribution >= 0.6 is 23.4 Å². The molecule has 1 fully saturated rings. The van der Waals surface area contributed by atoms with Crippen LogP contribution in [0.3, 0.4) is 0 Å². The van der Waals surface area contributed by atoms with Crippen LogP contribution in [-0.4, -0.2) is 49.8 Å². The van der Waals surface area contributed by atoms with Gasteiger partial charge in [0, 0.05) is 42.3 Å². The first-order chi connectivity index (χ1) is 18.0. The normalized spacial score (nSPS) is 14.4. The van der Waals surface area contributed by atoms with E-state index in [-0.39, 0.29) is 24.2 Å². The number of carbonyl (C=O) groups excluding carboxylic acids is 3. The molecule has 0 bridgehead atoms. The molecule has 3 amide bonds. The Morgan fingerprint density at radius 3 is 2.54 bits per heavy atom. The van der Waals surface area contributed by atoms with Gasteiger partial charge in [0.05, 0.1) is 16.2 Å². The number of hydrogen-bond donors (Lipinski definition) is 1. The number of pyridine rings is 1. The molecule has 10 heteroatoms. The Hall–Kier alpha value is -4.21. The molecule has 1 aliphatic rings. The zero-order valence-corrected chi connectivity index (χ0v) is 20.9. The van der Waals surface area contributed by atoms with E-state index in [1.54, 1.807) is 65.7 Å². The zero-order chi connectivity index (χ0) is 25.8. The number of benzene rings is 2. The number of thioether (sulfide) groups is 1. The molecule has 2 aromatic heterocycles. The Bertz CT molecular complexity index is 1490. The van der Waals surface area contributed by atoms with Gasteiger partial charge in [-0.25, -0.2) is 4.68 Å². The van der Waals surface area contributed by atoms with Crippen LogP contribution in [0.1, 0.15) is 15.9 Å². The summed E-state index contributed by atoms with van der Waals surface area (Å²) in [5, 5.41) is 7.65. The standard InChI is InChI=1S/C27H20ClN5O3S/c28-20-10-8-19(9-11-20)24-22(17-33(31-24)21-6-2-1-3-7-21)25(34)30-13-14-32-26(35)23(37-27(32)36)15-18-5-4-12-29-16-18/h1-12,15-17H,13-14H2,(H,30,34)/b23-15-. The van der Waals surface area contributed by atoms with Crippen molar-refractivity contribution in [3.8, 4) is 16.9 Å². The minimum atomic E-state index is -0.396. The van der Waals surface area contributed by atoms with Gasteiger partial charge in [0.2, 0.25) is 0 Å². The lowest BCUT2D eigenvalue weighted by Crippen LogP contribution is -2.37. The van der Waals surface area contributed by atoms with Crippen molar-refractivity contribution in [2.45, 2.75) is 0 Å². The van der Waals surface area contributed by atoms with Gasteiger partial charge >= 0.3 is 0 Å². The largest absolute Gasteiger partial charge is 0.350 e. The molecule has 5 rings (SSSR count). The van der Waals surface area contributed by atoms with E-state index in [9.17, 15) is 14.4 Å². The van der Waals surface area contributed by atoms with Gasteiger partial charge in [-0.05, 0) is 53.7 Å². The van der Waals surface area contributed by atoms with Gasteiger partial charge in [0.25, 0.3) is 17.1 Å². The number of aromatic nitrogens is 3. The predicted molar refractivity (Wildman–Crippen MR) is 143 cm³/mol. The van der Waals surface area contributed by atoms with Gasteiger partial charge in [-0.3, -0.25) is 24.3 Å². The van der Waals surface area contributed by atoms with Crippen LogP contribution in [0.4, 0.5) is 4.79 Å². The number of carbonyl (C=O) groups is 3. The summed E-state index contributed by atoms with van der Waals surface area (Å²) in [7, 11) is 0. The molecule has 1 N–H and O–H groups in total. The summed E-state index contributed by atoms with van der Waals surface area (Å²) >= 11 is 6.91. The summed E-state index contributed by atoms with van der Waals surface area (Å²) in [5.74, 6) is -0.767. The average Bonchev–Trinajstić information content (AvgIpc) is 3.47. The number of nitrogens with one attached hydrogen (secondary N) is 1. The lowest BCUT2D eigenvalue weighted by atomic mass is 10.1. The number of para-hydroxylation sites is 1. The Kier molecular flexibility index (Phi) is 7.16. The number of nitrogens with zero attached hydrogens (tertiary/aromatic N) is 4. The van der Waals surface area contributed by atoms with Crippen molar-refractivity contribution in [3.63, 3.8) is 0 Å². The highest BCUT2D eigenvalue weighted by molar-refractivity contribution is 8.18. The summed E-state index contributed by atoms with van der Waals surface area (Å²) < 4.78 is 1.64. The second-order valence-corrected chi connectivity index (χ2v) is 9.48. The van der Waals surface area contributed by atoms with E-state index in [1.165, 1.54) is 0 Å². The molecule has 2 aromatic carbocycles. The molecule has 0 unspecified atom stereocenters. The molecule has 0 atom stereocenters. The Morgan fingerprint density at radius 2 is 1.81 bits per heavy atom. The molecule has 4 aromatic rings. The summed E-state index contributed by atoms with van der Waals surface area (Å²) in [6.45, 7) is 0.136.